The fourth-order valence-corrected chi connectivity index (χ4v) is 5.90. The van der Waals surface area contributed by atoms with Gasteiger partial charge in [-0.15, -0.1) is 0 Å². The highest BCUT2D eigenvalue weighted by atomic mass is 28.4. The summed E-state index contributed by atoms with van der Waals surface area (Å²) in [7, 11) is -1.44. The van der Waals surface area contributed by atoms with E-state index in [9.17, 15) is 0 Å². The zero-order valence-electron chi connectivity index (χ0n) is 17.6. The lowest BCUT2D eigenvalue weighted by Gasteiger charge is -2.33. The van der Waals surface area contributed by atoms with Crippen molar-refractivity contribution in [3.8, 4) is 0 Å². The molecule has 2 saturated heterocycles. The van der Waals surface area contributed by atoms with E-state index in [-0.39, 0.29) is 0 Å². The average molecular weight is 386 g/mol. The van der Waals surface area contributed by atoms with Crippen molar-refractivity contribution in [2.75, 3.05) is 91.7 Å². The van der Waals surface area contributed by atoms with Gasteiger partial charge in [0.25, 0.3) is 0 Å². The molecule has 2 heterocycles. The Kier molecular flexibility index (Phi) is 10.7. The van der Waals surface area contributed by atoms with Crippen molar-refractivity contribution in [3.05, 3.63) is 0 Å². The normalized spacial score (nSPS) is 20.8. The second kappa shape index (κ2) is 12.4. The Bertz CT molecular complexity index is 338. The molecule has 2 aliphatic heterocycles. The van der Waals surface area contributed by atoms with Gasteiger partial charge in [0.2, 0.25) is 0 Å². The van der Waals surface area contributed by atoms with Crippen LogP contribution in [0.25, 0.3) is 0 Å². The van der Waals surface area contributed by atoms with Crippen molar-refractivity contribution in [3.63, 3.8) is 0 Å². The van der Waals surface area contributed by atoms with E-state index in [1.165, 1.54) is 71.4 Å². The smallest absolute Gasteiger partial charge is 0.186 e. The molecule has 0 radical (unpaired) electrons. The molecule has 0 aliphatic carbocycles. The zero-order valence-corrected chi connectivity index (χ0v) is 18.6. The molecule has 26 heavy (non-hydrogen) atoms. The van der Waals surface area contributed by atoms with Crippen molar-refractivity contribution >= 4 is 8.32 Å². The first kappa shape index (κ1) is 22.3. The lowest BCUT2D eigenvalue weighted by Crippen LogP contribution is -2.49. The van der Waals surface area contributed by atoms with E-state index >= 15 is 0 Å². The molecule has 2 fully saturated rings. The predicted octanol–water partition coefficient (Wildman–Crippen LogP) is 0.731. The summed E-state index contributed by atoms with van der Waals surface area (Å²) >= 11 is 0. The van der Waals surface area contributed by atoms with E-state index in [4.69, 9.17) is 4.43 Å². The summed E-state index contributed by atoms with van der Waals surface area (Å²) < 4.78 is 6.01. The maximum absolute atomic E-state index is 6.01. The molecule has 0 bridgehead atoms. The number of hydrogen-bond donors (Lipinski definition) is 2. The van der Waals surface area contributed by atoms with Crippen molar-refractivity contribution in [2.45, 2.75) is 32.5 Å². The number of nitrogens with zero attached hydrogens (tertiary/aromatic N) is 3. The van der Waals surface area contributed by atoms with Gasteiger partial charge in [-0.05, 0) is 39.0 Å². The highest BCUT2D eigenvalue weighted by Crippen LogP contribution is 2.14. The average Bonchev–Trinajstić information content (AvgIpc) is 2.65. The lowest BCUT2D eigenvalue weighted by molar-refractivity contribution is 0.160. The van der Waals surface area contributed by atoms with Crippen LogP contribution in [0, 0.1) is 0 Å². The van der Waals surface area contributed by atoms with Gasteiger partial charge in [0, 0.05) is 85.1 Å². The molecule has 2 N–H and O–H groups in total. The molecule has 2 aliphatic rings. The summed E-state index contributed by atoms with van der Waals surface area (Å²) in [6, 6.07) is 1.28. The van der Waals surface area contributed by atoms with Gasteiger partial charge in [0.15, 0.2) is 8.32 Å². The van der Waals surface area contributed by atoms with E-state index in [1.807, 2.05) is 0 Å². The van der Waals surface area contributed by atoms with Gasteiger partial charge in [-0.1, -0.05) is 0 Å². The topological polar surface area (TPSA) is 43.0 Å². The fraction of sp³-hybridized carbons (Fsp3) is 1.00. The minimum absolute atomic E-state index is 0.870. The van der Waals surface area contributed by atoms with Gasteiger partial charge in [-0.25, -0.2) is 0 Å². The Balaban J connectivity index is 1.73. The second-order valence-corrected chi connectivity index (χ2v) is 12.6. The van der Waals surface area contributed by atoms with E-state index in [0.717, 1.165) is 32.8 Å². The van der Waals surface area contributed by atoms with E-state index in [1.54, 1.807) is 0 Å². The molecule has 0 aromatic carbocycles. The van der Waals surface area contributed by atoms with Gasteiger partial charge in [-0.2, -0.15) is 0 Å². The SMILES string of the molecule is CCO[Si](C)(C)CCCN(CCN1CCNCC1)CCN1CCNCC1. The van der Waals surface area contributed by atoms with Crippen LogP contribution < -0.4 is 10.6 Å². The Labute approximate surface area is 162 Å². The Morgan fingerprint density at radius 1 is 0.846 bits per heavy atom. The molecular weight excluding hydrogens is 342 g/mol. The third-order valence-corrected chi connectivity index (χ3v) is 8.30. The van der Waals surface area contributed by atoms with Crippen LogP contribution in [-0.4, -0.2) is 115 Å². The quantitative estimate of drug-likeness (QED) is 0.483. The zero-order chi connectivity index (χ0) is 18.7. The first-order valence-corrected chi connectivity index (χ1v) is 13.9. The second-order valence-electron chi connectivity index (χ2n) is 8.32. The number of piperazine rings is 2. The van der Waals surface area contributed by atoms with E-state index in [0.29, 0.717) is 0 Å². The van der Waals surface area contributed by atoms with Gasteiger partial charge in [0.05, 0.1) is 0 Å². The van der Waals surface area contributed by atoms with Crippen LogP contribution in [0.15, 0.2) is 0 Å². The number of hydrogen-bond acceptors (Lipinski definition) is 6. The Morgan fingerprint density at radius 2 is 1.35 bits per heavy atom. The monoisotopic (exact) mass is 385 g/mol. The molecule has 2 rings (SSSR count). The molecule has 6 nitrogen and oxygen atoms in total. The minimum atomic E-state index is -1.44. The predicted molar refractivity (Wildman–Crippen MR) is 114 cm³/mol. The van der Waals surface area contributed by atoms with Gasteiger partial charge in [-0.3, -0.25) is 9.80 Å². The molecule has 154 valence electrons. The van der Waals surface area contributed by atoms with E-state index in [2.05, 4.69) is 45.4 Å². The summed E-state index contributed by atoms with van der Waals surface area (Å²) in [4.78, 5) is 7.95. The van der Waals surface area contributed by atoms with Crippen LogP contribution in [0.5, 0.6) is 0 Å². The van der Waals surface area contributed by atoms with Crippen LogP contribution in [0.3, 0.4) is 0 Å². The Morgan fingerprint density at radius 3 is 1.81 bits per heavy atom. The molecule has 0 amide bonds. The summed E-state index contributed by atoms with van der Waals surface area (Å²) in [6.07, 6.45) is 1.28. The molecule has 0 aromatic heterocycles. The number of nitrogens with one attached hydrogen (secondary N) is 2. The maximum Gasteiger partial charge on any atom is 0.186 e. The van der Waals surface area contributed by atoms with Crippen LogP contribution in [0.2, 0.25) is 19.1 Å². The summed E-state index contributed by atoms with van der Waals surface area (Å²) in [6.45, 7) is 23.2. The van der Waals surface area contributed by atoms with Crippen LogP contribution in [0.1, 0.15) is 13.3 Å². The first-order chi connectivity index (χ1) is 12.6. The van der Waals surface area contributed by atoms with E-state index < -0.39 is 8.32 Å². The Hall–Kier alpha value is -0.0231. The molecular formula is C19H43N5OSi. The first-order valence-electron chi connectivity index (χ1n) is 10.8. The third kappa shape index (κ3) is 9.26. The molecule has 0 unspecified atom stereocenters. The van der Waals surface area contributed by atoms with Crippen molar-refractivity contribution in [2.24, 2.45) is 0 Å². The van der Waals surface area contributed by atoms with Gasteiger partial charge < -0.3 is 20.0 Å². The standard InChI is InChI=1S/C19H43N5OSi/c1-4-25-26(2,3)19-5-10-22(15-17-23-11-6-20-7-12-23)16-18-24-13-8-21-9-14-24/h20-21H,4-19H2,1-3H3. The third-order valence-electron chi connectivity index (χ3n) is 5.67. The molecule has 7 heteroatoms. The van der Waals surface area contributed by atoms with Crippen molar-refractivity contribution in [1.29, 1.82) is 0 Å². The van der Waals surface area contributed by atoms with Crippen LogP contribution >= 0.6 is 0 Å². The summed E-state index contributed by atoms with van der Waals surface area (Å²) in [5.41, 5.74) is 0. The van der Waals surface area contributed by atoms with Gasteiger partial charge in [0.1, 0.15) is 0 Å². The molecule has 0 aromatic rings. The molecule has 0 spiro atoms. The molecule has 0 atom stereocenters. The molecule has 0 saturated carbocycles. The number of rotatable bonds is 12. The fourth-order valence-electron chi connectivity index (χ4n) is 3.96. The van der Waals surface area contributed by atoms with Crippen molar-refractivity contribution < 1.29 is 4.43 Å². The maximum atomic E-state index is 6.01. The highest BCUT2D eigenvalue weighted by Gasteiger charge is 2.22. The highest BCUT2D eigenvalue weighted by molar-refractivity contribution is 6.71. The summed E-state index contributed by atoms with van der Waals surface area (Å²) in [5, 5.41) is 6.91. The lowest BCUT2D eigenvalue weighted by atomic mass is 10.3. The van der Waals surface area contributed by atoms with Crippen LogP contribution in [0.4, 0.5) is 0 Å². The van der Waals surface area contributed by atoms with Gasteiger partial charge >= 0.3 is 0 Å². The van der Waals surface area contributed by atoms with Crippen molar-refractivity contribution in [1.82, 2.24) is 25.3 Å². The minimum Gasteiger partial charge on any atom is -0.418 e. The summed E-state index contributed by atoms with van der Waals surface area (Å²) in [5.74, 6) is 0. The largest absolute Gasteiger partial charge is 0.418 e. The van der Waals surface area contributed by atoms with Crippen LogP contribution in [-0.2, 0) is 4.43 Å².